The quantitative estimate of drug-likeness (QED) is 0.159. The summed E-state index contributed by atoms with van der Waals surface area (Å²) in [5, 5.41) is 23.8. The van der Waals surface area contributed by atoms with Crippen LogP contribution in [0.25, 0.3) is 0 Å². The van der Waals surface area contributed by atoms with Gasteiger partial charge in [0.05, 0.1) is 29.4 Å². The van der Waals surface area contributed by atoms with Crippen molar-refractivity contribution in [3.63, 3.8) is 0 Å². The van der Waals surface area contributed by atoms with Crippen molar-refractivity contribution >= 4 is 40.9 Å². The first kappa shape index (κ1) is 26.3. The standard InChI is InChI=1S/C23H24N6O6S/c1-13(2)19(25-21(31)15-5-4-6-17(11-15)29(33)34)20-26-23(28-27-20)36-12-18(30)24-16-9-7-14(8-10-16)22(32)35-3/h4-11,13,19H,12H2,1-3H3,(H,24,30)(H,25,31)(H,26,27,28)/t19-/m0/s1. The molecule has 2 amide bonds. The van der Waals surface area contributed by atoms with Gasteiger partial charge < -0.3 is 15.4 Å². The first-order valence-corrected chi connectivity index (χ1v) is 11.7. The molecule has 1 heterocycles. The molecule has 0 radical (unpaired) electrons. The monoisotopic (exact) mass is 512 g/mol. The Labute approximate surface area is 210 Å². The fraction of sp³-hybridized carbons (Fsp3) is 0.261. The van der Waals surface area contributed by atoms with Crippen LogP contribution in [0.3, 0.4) is 0 Å². The summed E-state index contributed by atoms with van der Waals surface area (Å²) < 4.78 is 4.64. The number of anilines is 1. The van der Waals surface area contributed by atoms with Crippen LogP contribution in [0.4, 0.5) is 11.4 Å². The van der Waals surface area contributed by atoms with Crippen molar-refractivity contribution in [1.82, 2.24) is 20.5 Å². The highest BCUT2D eigenvalue weighted by molar-refractivity contribution is 7.99. The van der Waals surface area contributed by atoms with Crippen molar-refractivity contribution in [2.75, 3.05) is 18.2 Å². The van der Waals surface area contributed by atoms with Crippen molar-refractivity contribution in [2.24, 2.45) is 5.92 Å². The zero-order valence-electron chi connectivity index (χ0n) is 19.7. The van der Waals surface area contributed by atoms with Gasteiger partial charge in [-0.1, -0.05) is 31.7 Å². The lowest BCUT2D eigenvalue weighted by Gasteiger charge is -2.19. The van der Waals surface area contributed by atoms with Crippen molar-refractivity contribution in [1.29, 1.82) is 0 Å². The average Bonchev–Trinajstić information content (AvgIpc) is 3.34. The molecule has 0 saturated heterocycles. The Kier molecular flexibility index (Phi) is 8.73. The summed E-state index contributed by atoms with van der Waals surface area (Å²) in [6.07, 6.45) is 0. The lowest BCUT2D eigenvalue weighted by Crippen LogP contribution is -2.32. The smallest absolute Gasteiger partial charge is 0.337 e. The Morgan fingerprint density at radius 1 is 1.14 bits per heavy atom. The predicted octanol–water partition coefficient (Wildman–Crippen LogP) is 3.36. The number of methoxy groups -OCH3 is 1. The number of esters is 1. The molecule has 1 atom stereocenters. The van der Waals surface area contributed by atoms with Gasteiger partial charge in [0.25, 0.3) is 11.6 Å². The number of rotatable bonds is 10. The molecule has 2 aromatic carbocycles. The Hall–Kier alpha value is -4.26. The van der Waals surface area contributed by atoms with Crippen LogP contribution in [0, 0.1) is 16.0 Å². The Bertz CT molecular complexity index is 1260. The second kappa shape index (κ2) is 11.9. The first-order valence-electron chi connectivity index (χ1n) is 10.8. The average molecular weight is 513 g/mol. The van der Waals surface area contributed by atoms with Crippen molar-refractivity contribution < 1.29 is 24.0 Å². The van der Waals surface area contributed by atoms with Crippen LogP contribution in [0.15, 0.2) is 53.7 Å². The summed E-state index contributed by atoms with van der Waals surface area (Å²) in [7, 11) is 1.29. The van der Waals surface area contributed by atoms with Crippen LogP contribution in [0.5, 0.6) is 0 Å². The van der Waals surface area contributed by atoms with Gasteiger partial charge in [0.15, 0.2) is 0 Å². The molecule has 0 unspecified atom stereocenters. The van der Waals surface area contributed by atoms with Gasteiger partial charge in [0.2, 0.25) is 11.1 Å². The van der Waals surface area contributed by atoms with E-state index >= 15 is 0 Å². The number of thioether (sulfide) groups is 1. The van der Waals surface area contributed by atoms with Crippen LogP contribution in [0.2, 0.25) is 0 Å². The third kappa shape index (κ3) is 6.88. The minimum atomic E-state index is -0.565. The van der Waals surface area contributed by atoms with E-state index in [1.54, 1.807) is 24.3 Å². The molecule has 3 aromatic rings. The van der Waals surface area contributed by atoms with Crippen LogP contribution in [-0.4, -0.2) is 50.8 Å². The number of non-ortho nitro benzene ring substituents is 1. The molecule has 3 rings (SSSR count). The van der Waals surface area contributed by atoms with Crippen LogP contribution < -0.4 is 10.6 Å². The van der Waals surface area contributed by atoms with E-state index in [9.17, 15) is 24.5 Å². The first-order chi connectivity index (χ1) is 17.2. The zero-order chi connectivity index (χ0) is 26.2. The number of nitro groups is 1. The molecule has 3 N–H and O–H groups in total. The molecule has 36 heavy (non-hydrogen) atoms. The van der Waals surface area contributed by atoms with Crippen LogP contribution >= 0.6 is 11.8 Å². The second-order valence-corrected chi connectivity index (χ2v) is 8.85. The number of ether oxygens (including phenoxy) is 1. The van der Waals surface area contributed by atoms with E-state index in [4.69, 9.17) is 0 Å². The van der Waals surface area contributed by atoms with Crippen molar-refractivity contribution in [2.45, 2.75) is 25.0 Å². The maximum Gasteiger partial charge on any atom is 0.337 e. The molecule has 0 aliphatic heterocycles. The third-order valence-electron chi connectivity index (χ3n) is 4.97. The van der Waals surface area contributed by atoms with Crippen molar-refractivity contribution in [3.05, 3.63) is 75.6 Å². The number of carbonyl (C=O) groups excluding carboxylic acids is 3. The molecule has 13 heteroatoms. The van der Waals surface area contributed by atoms with Crippen LogP contribution in [0.1, 0.15) is 46.4 Å². The lowest BCUT2D eigenvalue weighted by atomic mass is 10.0. The highest BCUT2D eigenvalue weighted by Crippen LogP contribution is 2.23. The van der Waals surface area contributed by atoms with E-state index < -0.39 is 22.8 Å². The Morgan fingerprint density at radius 2 is 1.86 bits per heavy atom. The maximum absolute atomic E-state index is 12.7. The Morgan fingerprint density at radius 3 is 2.50 bits per heavy atom. The summed E-state index contributed by atoms with van der Waals surface area (Å²) in [6.45, 7) is 3.76. The number of nitrogens with zero attached hydrogens (tertiary/aromatic N) is 3. The molecule has 0 fully saturated rings. The number of H-pyrrole nitrogens is 1. The molecular formula is C23H24N6O6S. The molecule has 188 valence electrons. The SMILES string of the molecule is COC(=O)c1ccc(NC(=O)CSc2n[nH]c([C@@H](NC(=O)c3cccc([N+](=O)[O-])c3)C(C)C)n2)cc1. The number of amides is 2. The molecule has 0 bridgehead atoms. The number of nitro benzene ring substituents is 1. The van der Waals surface area contributed by atoms with Gasteiger partial charge in [0, 0.05) is 23.4 Å². The fourth-order valence-corrected chi connectivity index (χ4v) is 3.74. The molecular weight excluding hydrogens is 488 g/mol. The second-order valence-electron chi connectivity index (χ2n) is 7.91. The summed E-state index contributed by atoms with van der Waals surface area (Å²) >= 11 is 1.10. The summed E-state index contributed by atoms with van der Waals surface area (Å²) in [5.41, 5.74) is 0.864. The summed E-state index contributed by atoms with van der Waals surface area (Å²) in [4.78, 5) is 51.3. The molecule has 1 aromatic heterocycles. The fourth-order valence-electron chi connectivity index (χ4n) is 3.13. The zero-order valence-corrected chi connectivity index (χ0v) is 20.5. The lowest BCUT2D eigenvalue weighted by molar-refractivity contribution is -0.384. The van der Waals surface area contributed by atoms with E-state index in [1.165, 1.54) is 31.4 Å². The highest BCUT2D eigenvalue weighted by Gasteiger charge is 2.24. The van der Waals surface area contributed by atoms with Crippen molar-refractivity contribution in [3.8, 4) is 0 Å². The normalized spacial score (nSPS) is 11.6. The largest absolute Gasteiger partial charge is 0.465 e. The van der Waals surface area contributed by atoms with Gasteiger partial charge in [-0.15, -0.1) is 5.10 Å². The van der Waals surface area contributed by atoms with Gasteiger partial charge in [-0.25, -0.2) is 9.78 Å². The molecule has 0 spiro atoms. The minimum Gasteiger partial charge on any atom is -0.465 e. The number of nitrogens with one attached hydrogen (secondary N) is 3. The summed E-state index contributed by atoms with van der Waals surface area (Å²) in [6, 6.07) is 11.2. The molecule has 12 nitrogen and oxygen atoms in total. The van der Waals surface area contributed by atoms with Gasteiger partial charge in [-0.2, -0.15) is 0 Å². The molecule has 0 aliphatic carbocycles. The maximum atomic E-state index is 12.7. The number of hydrogen-bond donors (Lipinski definition) is 3. The van der Waals surface area contributed by atoms with Crippen LogP contribution in [-0.2, 0) is 9.53 Å². The molecule has 0 aliphatic rings. The number of aromatic nitrogens is 3. The number of carbonyl (C=O) groups is 3. The highest BCUT2D eigenvalue weighted by atomic mass is 32.2. The van der Waals surface area contributed by atoms with E-state index in [1.807, 2.05) is 13.8 Å². The molecule has 0 saturated carbocycles. The number of hydrogen-bond acceptors (Lipinski definition) is 9. The predicted molar refractivity (Wildman–Crippen MR) is 132 cm³/mol. The van der Waals surface area contributed by atoms with E-state index in [0.29, 0.717) is 22.2 Å². The third-order valence-corrected chi connectivity index (χ3v) is 5.82. The van der Waals surface area contributed by atoms with Gasteiger partial charge in [0.1, 0.15) is 5.82 Å². The van der Waals surface area contributed by atoms with Gasteiger partial charge in [-0.05, 0) is 36.2 Å². The Balaban J connectivity index is 1.59. The van der Waals surface area contributed by atoms with E-state index in [0.717, 1.165) is 11.8 Å². The van der Waals surface area contributed by atoms with E-state index in [2.05, 4.69) is 30.6 Å². The summed E-state index contributed by atoms with van der Waals surface area (Å²) in [5.74, 6) is -0.899. The topological polar surface area (TPSA) is 169 Å². The number of benzene rings is 2. The van der Waals surface area contributed by atoms with Gasteiger partial charge >= 0.3 is 5.97 Å². The number of aromatic amines is 1. The minimum absolute atomic E-state index is 0.0302. The van der Waals surface area contributed by atoms with E-state index in [-0.39, 0.29) is 28.8 Å². The van der Waals surface area contributed by atoms with Gasteiger partial charge in [-0.3, -0.25) is 24.8 Å².